The predicted molar refractivity (Wildman–Crippen MR) is 82.9 cm³/mol. The summed E-state index contributed by atoms with van der Waals surface area (Å²) in [7, 11) is 0. The summed E-state index contributed by atoms with van der Waals surface area (Å²) in [6, 6.07) is 0. The van der Waals surface area contributed by atoms with E-state index in [2.05, 4.69) is 24.3 Å². The van der Waals surface area contributed by atoms with Crippen molar-refractivity contribution in [2.24, 2.45) is 27.6 Å². The Morgan fingerprint density at radius 1 is 1.15 bits per heavy atom. The van der Waals surface area contributed by atoms with Gasteiger partial charge in [-0.25, -0.2) is 0 Å². The Hall–Kier alpha value is -0.770. The number of amidine groups is 1. The molecule has 2 rings (SSSR count). The summed E-state index contributed by atoms with van der Waals surface area (Å²) in [5.41, 5.74) is 6.46. The Bertz CT molecular complexity index is 342. The average Bonchev–Trinajstić information content (AvgIpc) is 2.98. The normalized spacial score (nSPS) is 24.2. The van der Waals surface area contributed by atoms with Crippen LogP contribution in [0.4, 0.5) is 0 Å². The SMILES string of the molecule is CC(C)CC1(CNCC2(CC(N)=NO)CC2)CCCC1. The van der Waals surface area contributed by atoms with Crippen LogP contribution in [0.25, 0.3) is 0 Å². The molecule has 0 bridgehead atoms. The highest BCUT2D eigenvalue weighted by Gasteiger charge is 2.43. The van der Waals surface area contributed by atoms with Crippen molar-refractivity contribution in [3.05, 3.63) is 0 Å². The van der Waals surface area contributed by atoms with Crippen LogP contribution in [0.15, 0.2) is 5.16 Å². The van der Waals surface area contributed by atoms with Crippen LogP contribution in [0, 0.1) is 16.7 Å². The van der Waals surface area contributed by atoms with E-state index >= 15 is 0 Å². The number of nitrogens with one attached hydrogen (secondary N) is 1. The highest BCUT2D eigenvalue weighted by Crippen LogP contribution is 2.49. The van der Waals surface area contributed by atoms with E-state index in [1.165, 1.54) is 44.9 Å². The van der Waals surface area contributed by atoms with Gasteiger partial charge in [-0.15, -0.1) is 0 Å². The van der Waals surface area contributed by atoms with Crippen molar-refractivity contribution >= 4 is 5.84 Å². The van der Waals surface area contributed by atoms with Gasteiger partial charge in [-0.05, 0) is 48.9 Å². The van der Waals surface area contributed by atoms with E-state index in [1.807, 2.05) is 0 Å². The van der Waals surface area contributed by atoms with Crippen LogP contribution in [-0.2, 0) is 0 Å². The fourth-order valence-electron chi connectivity index (χ4n) is 4.05. The second-order valence-corrected chi connectivity index (χ2v) is 7.68. The Morgan fingerprint density at radius 3 is 2.25 bits per heavy atom. The molecule has 0 unspecified atom stereocenters. The monoisotopic (exact) mass is 281 g/mol. The van der Waals surface area contributed by atoms with Crippen LogP contribution in [0.1, 0.15) is 65.2 Å². The minimum Gasteiger partial charge on any atom is -0.409 e. The predicted octanol–water partition coefficient (Wildman–Crippen LogP) is 3.10. The van der Waals surface area contributed by atoms with Crippen molar-refractivity contribution in [2.75, 3.05) is 13.1 Å². The number of hydrogen-bond acceptors (Lipinski definition) is 3. The molecule has 0 aromatic rings. The second-order valence-electron chi connectivity index (χ2n) is 7.68. The number of rotatable bonds is 8. The largest absolute Gasteiger partial charge is 0.409 e. The van der Waals surface area contributed by atoms with E-state index in [4.69, 9.17) is 10.9 Å². The van der Waals surface area contributed by atoms with Crippen LogP contribution in [0.2, 0.25) is 0 Å². The van der Waals surface area contributed by atoms with Gasteiger partial charge < -0.3 is 16.3 Å². The molecule has 2 fully saturated rings. The zero-order valence-corrected chi connectivity index (χ0v) is 13.1. The number of oxime groups is 1. The van der Waals surface area contributed by atoms with Crippen molar-refractivity contribution in [3.63, 3.8) is 0 Å². The molecular formula is C16H31N3O. The van der Waals surface area contributed by atoms with Gasteiger partial charge in [0, 0.05) is 19.5 Å². The first-order valence-electron chi connectivity index (χ1n) is 8.16. The van der Waals surface area contributed by atoms with Gasteiger partial charge in [-0.2, -0.15) is 0 Å². The molecular weight excluding hydrogens is 250 g/mol. The number of hydrogen-bond donors (Lipinski definition) is 3. The van der Waals surface area contributed by atoms with E-state index in [9.17, 15) is 0 Å². The molecule has 2 aliphatic rings. The van der Waals surface area contributed by atoms with Gasteiger partial charge in [-0.3, -0.25) is 0 Å². The van der Waals surface area contributed by atoms with Crippen molar-refractivity contribution in [1.29, 1.82) is 0 Å². The maximum atomic E-state index is 8.71. The maximum Gasteiger partial charge on any atom is 0.139 e. The van der Waals surface area contributed by atoms with Crippen LogP contribution in [-0.4, -0.2) is 24.1 Å². The van der Waals surface area contributed by atoms with Crippen molar-refractivity contribution in [2.45, 2.75) is 65.2 Å². The summed E-state index contributed by atoms with van der Waals surface area (Å²) < 4.78 is 0. The average molecular weight is 281 g/mol. The smallest absolute Gasteiger partial charge is 0.139 e. The summed E-state index contributed by atoms with van der Waals surface area (Å²) in [6.45, 7) is 6.83. The van der Waals surface area contributed by atoms with E-state index < -0.39 is 0 Å². The number of nitrogens with two attached hydrogens (primary N) is 1. The molecule has 4 nitrogen and oxygen atoms in total. The molecule has 0 radical (unpaired) electrons. The Morgan fingerprint density at radius 2 is 1.75 bits per heavy atom. The molecule has 0 aliphatic heterocycles. The lowest BCUT2D eigenvalue weighted by Crippen LogP contribution is -2.37. The van der Waals surface area contributed by atoms with Crippen molar-refractivity contribution in [3.8, 4) is 0 Å². The van der Waals surface area contributed by atoms with Crippen LogP contribution >= 0.6 is 0 Å². The Kier molecular flexibility index (Phi) is 4.95. The van der Waals surface area contributed by atoms with E-state index in [0.29, 0.717) is 11.3 Å². The minimum absolute atomic E-state index is 0.272. The molecule has 0 heterocycles. The molecule has 4 heteroatoms. The molecule has 20 heavy (non-hydrogen) atoms. The third kappa shape index (κ3) is 4.11. The number of nitrogens with zero attached hydrogens (tertiary/aromatic N) is 1. The molecule has 2 saturated carbocycles. The fraction of sp³-hybridized carbons (Fsp3) is 0.938. The van der Waals surface area contributed by atoms with Crippen LogP contribution in [0.5, 0.6) is 0 Å². The van der Waals surface area contributed by atoms with Gasteiger partial charge in [-0.1, -0.05) is 31.8 Å². The molecule has 0 aromatic heterocycles. The lowest BCUT2D eigenvalue weighted by molar-refractivity contribution is 0.218. The lowest BCUT2D eigenvalue weighted by Gasteiger charge is -2.32. The maximum absolute atomic E-state index is 8.71. The zero-order valence-electron chi connectivity index (χ0n) is 13.1. The van der Waals surface area contributed by atoms with Gasteiger partial charge in [0.1, 0.15) is 5.84 Å². The first-order valence-corrected chi connectivity index (χ1v) is 8.16. The van der Waals surface area contributed by atoms with Crippen molar-refractivity contribution < 1.29 is 5.21 Å². The highest BCUT2D eigenvalue weighted by atomic mass is 16.4. The summed E-state index contributed by atoms with van der Waals surface area (Å²) in [5.74, 6) is 1.16. The van der Waals surface area contributed by atoms with Gasteiger partial charge >= 0.3 is 0 Å². The molecule has 0 saturated heterocycles. The zero-order chi connectivity index (χ0) is 14.6. The highest BCUT2D eigenvalue weighted by molar-refractivity contribution is 5.80. The van der Waals surface area contributed by atoms with E-state index in [0.717, 1.165) is 25.4 Å². The molecule has 0 aromatic carbocycles. The van der Waals surface area contributed by atoms with Gasteiger partial charge in [0.15, 0.2) is 0 Å². The molecule has 0 spiro atoms. The summed E-state index contributed by atoms with van der Waals surface area (Å²) in [4.78, 5) is 0. The first-order chi connectivity index (χ1) is 9.49. The fourth-order valence-corrected chi connectivity index (χ4v) is 4.05. The topological polar surface area (TPSA) is 70.6 Å². The molecule has 116 valence electrons. The summed E-state index contributed by atoms with van der Waals surface area (Å²) >= 11 is 0. The second kappa shape index (κ2) is 6.33. The Balaban J connectivity index is 1.79. The van der Waals surface area contributed by atoms with Gasteiger partial charge in [0.2, 0.25) is 0 Å². The van der Waals surface area contributed by atoms with Gasteiger partial charge in [0.05, 0.1) is 0 Å². The van der Waals surface area contributed by atoms with E-state index in [-0.39, 0.29) is 5.41 Å². The summed E-state index contributed by atoms with van der Waals surface area (Å²) in [6.07, 6.45) is 10.0. The van der Waals surface area contributed by atoms with E-state index in [1.54, 1.807) is 0 Å². The third-order valence-electron chi connectivity index (χ3n) is 5.15. The van der Waals surface area contributed by atoms with Gasteiger partial charge in [0.25, 0.3) is 0 Å². The molecule has 4 N–H and O–H groups in total. The standard InChI is InChI=1S/C16H31N3O/c1-13(2)9-15(5-3-4-6-15)11-18-12-16(7-8-16)10-14(17)19-20/h13,18,20H,3-12H2,1-2H3,(H2,17,19). The third-order valence-corrected chi connectivity index (χ3v) is 5.15. The summed E-state index contributed by atoms with van der Waals surface area (Å²) in [5, 5.41) is 15.5. The molecule has 0 amide bonds. The van der Waals surface area contributed by atoms with Crippen molar-refractivity contribution in [1.82, 2.24) is 5.32 Å². The van der Waals surface area contributed by atoms with Crippen LogP contribution < -0.4 is 11.1 Å². The lowest BCUT2D eigenvalue weighted by atomic mass is 9.78. The molecule has 0 atom stereocenters. The first kappa shape index (κ1) is 15.6. The van der Waals surface area contributed by atoms with Crippen LogP contribution in [0.3, 0.4) is 0 Å². The Labute approximate surface area is 123 Å². The molecule has 2 aliphatic carbocycles. The minimum atomic E-state index is 0.272. The quantitative estimate of drug-likeness (QED) is 0.277.